The number of imide groups is 1. The third-order valence-corrected chi connectivity index (χ3v) is 3.77. The van der Waals surface area contributed by atoms with Crippen molar-refractivity contribution in [1.82, 2.24) is 14.8 Å². The fraction of sp³-hybridized carbons (Fsp3) is 0.500. The van der Waals surface area contributed by atoms with E-state index in [-0.39, 0.29) is 18.0 Å². The number of amides is 3. The molecule has 0 bridgehead atoms. The molecule has 1 aromatic heterocycles. The fourth-order valence-corrected chi connectivity index (χ4v) is 2.27. The zero-order chi connectivity index (χ0) is 14.2. The lowest BCUT2D eigenvalue weighted by molar-refractivity contribution is -0.132. The number of likely N-dealkylation sites (N-methyl/N-ethyl adjacent to an activating group) is 1. The van der Waals surface area contributed by atoms with Gasteiger partial charge in [-0.15, -0.1) is 0 Å². The highest BCUT2D eigenvalue weighted by atomic mass is 16.2. The smallest absolute Gasteiger partial charge is 0.313 e. The van der Waals surface area contributed by atoms with Crippen LogP contribution in [0.5, 0.6) is 0 Å². The molecule has 2 heterocycles. The Morgan fingerprint density at radius 1 is 1.37 bits per heavy atom. The van der Waals surface area contributed by atoms with Gasteiger partial charge < -0.3 is 4.90 Å². The fourth-order valence-electron chi connectivity index (χ4n) is 2.27. The average Bonchev–Trinajstić information content (AvgIpc) is 2.52. The van der Waals surface area contributed by atoms with Crippen LogP contribution >= 0.6 is 0 Å². The van der Waals surface area contributed by atoms with Gasteiger partial charge in [0.2, 0.25) is 0 Å². The molecule has 1 unspecified atom stereocenters. The largest absolute Gasteiger partial charge is 0.327 e. The first-order valence-electron chi connectivity index (χ1n) is 6.36. The summed E-state index contributed by atoms with van der Waals surface area (Å²) < 4.78 is 0. The number of nitrogens with zero attached hydrogens (tertiary/aromatic N) is 3. The Kier molecular flexibility index (Phi) is 3.30. The molecule has 3 amide bonds. The first-order chi connectivity index (χ1) is 8.85. The number of rotatable bonds is 3. The molecular weight excluding hydrogens is 242 g/mol. The highest BCUT2D eigenvalue weighted by Gasteiger charge is 2.50. The number of aromatic nitrogens is 1. The summed E-state index contributed by atoms with van der Waals surface area (Å²) in [6.07, 6.45) is 4.09. The summed E-state index contributed by atoms with van der Waals surface area (Å²) in [5.41, 5.74) is 0.253. The Labute approximate surface area is 113 Å². The molecule has 2 rings (SSSR count). The van der Waals surface area contributed by atoms with Crippen molar-refractivity contribution in [3.8, 4) is 0 Å². The lowest BCUT2D eigenvalue weighted by Gasteiger charge is -2.23. The summed E-state index contributed by atoms with van der Waals surface area (Å²) in [4.78, 5) is 31.4. The van der Waals surface area contributed by atoms with Crippen molar-refractivity contribution in [1.29, 1.82) is 0 Å². The standard InChI is InChI=1S/C14H19N3O2/c1-10(8-11-6-5-7-15-9-11)17-12(18)14(2,3)16(4)13(17)19/h5-7,9-10H,8H2,1-4H3. The van der Waals surface area contributed by atoms with Crippen molar-refractivity contribution in [3.05, 3.63) is 30.1 Å². The molecule has 1 aromatic rings. The molecule has 1 fully saturated rings. The number of hydrogen-bond donors (Lipinski definition) is 0. The van der Waals surface area contributed by atoms with E-state index in [2.05, 4.69) is 4.98 Å². The first kappa shape index (κ1) is 13.5. The zero-order valence-corrected chi connectivity index (χ0v) is 11.8. The van der Waals surface area contributed by atoms with Crippen LogP contribution in [0.15, 0.2) is 24.5 Å². The van der Waals surface area contributed by atoms with E-state index < -0.39 is 5.54 Å². The minimum atomic E-state index is -0.764. The summed E-state index contributed by atoms with van der Waals surface area (Å²) >= 11 is 0. The molecule has 1 aliphatic rings. The Hall–Kier alpha value is -1.91. The van der Waals surface area contributed by atoms with E-state index in [4.69, 9.17) is 0 Å². The summed E-state index contributed by atoms with van der Waals surface area (Å²) in [5, 5.41) is 0. The van der Waals surface area contributed by atoms with Gasteiger partial charge in [0.15, 0.2) is 0 Å². The molecule has 0 radical (unpaired) electrons. The second-order valence-electron chi connectivity index (χ2n) is 5.49. The molecule has 5 nitrogen and oxygen atoms in total. The maximum absolute atomic E-state index is 12.3. The van der Waals surface area contributed by atoms with Gasteiger partial charge in [-0.3, -0.25) is 14.7 Å². The van der Waals surface area contributed by atoms with Gasteiger partial charge >= 0.3 is 6.03 Å². The van der Waals surface area contributed by atoms with Crippen molar-refractivity contribution in [3.63, 3.8) is 0 Å². The van der Waals surface area contributed by atoms with E-state index >= 15 is 0 Å². The number of hydrogen-bond acceptors (Lipinski definition) is 3. The molecule has 1 atom stereocenters. The molecule has 0 aliphatic carbocycles. The van der Waals surface area contributed by atoms with Crippen LogP contribution in [0.4, 0.5) is 4.79 Å². The predicted octanol–water partition coefficient (Wildman–Crippen LogP) is 1.69. The number of carbonyl (C=O) groups excluding carboxylic acids is 2. The Morgan fingerprint density at radius 2 is 2.05 bits per heavy atom. The van der Waals surface area contributed by atoms with Crippen molar-refractivity contribution in [2.24, 2.45) is 0 Å². The van der Waals surface area contributed by atoms with Gasteiger partial charge in [-0.05, 0) is 38.8 Å². The zero-order valence-electron chi connectivity index (χ0n) is 11.8. The molecule has 0 spiro atoms. The molecule has 0 aromatic carbocycles. The van der Waals surface area contributed by atoms with Crippen molar-refractivity contribution < 1.29 is 9.59 Å². The van der Waals surface area contributed by atoms with Crippen LogP contribution in [0.3, 0.4) is 0 Å². The molecule has 0 saturated carbocycles. The molecule has 0 N–H and O–H groups in total. The Morgan fingerprint density at radius 3 is 2.53 bits per heavy atom. The van der Waals surface area contributed by atoms with Gasteiger partial charge in [-0.25, -0.2) is 4.79 Å². The first-order valence-corrected chi connectivity index (χ1v) is 6.36. The van der Waals surface area contributed by atoms with E-state index in [1.165, 1.54) is 9.80 Å². The number of carbonyl (C=O) groups is 2. The third-order valence-electron chi connectivity index (χ3n) is 3.77. The maximum Gasteiger partial charge on any atom is 0.327 e. The highest BCUT2D eigenvalue weighted by Crippen LogP contribution is 2.28. The molecule has 102 valence electrons. The van der Waals surface area contributed by atoms with Gasteiger partial charge in [0, 0.05) is 25.5 Å². The Balaban J connectivity index is 2.18. The van der Waals surface area contributed by atoms with Gasteiger partial charge in [0.05, 0.1) is 0 Å². The van der Waals surface area contributed by atoms with E-state index in [1.54, 1.807) is 33.3 Å². The molecule has 5 heteroatoms. The van der Waals surface area contributed by atoms with Crippen molar-refractivity contribution in [2.45, 2.75) is 38.8 Å². The van der Waals surface area contributed by atoms with Gasteiger partial charge in [0.25, 0.3) is 5.91 Å². The molecule has 1 saturated heterocycles. The lowest BCUT2D eigenvalue weighted by atomic mass is 10.0. The van der Waals surface area contributed by atoms with E-state index in [0.717, 1.165) is 5.56 Å². The highest BCUT2D eigenvalue weighted by molar-refractivity contribution is 6.06. The van der Waals surface area contributed by atoms with Crippen molar-refractivity contribution >= 4 is 11.9 Å². The maximum atomic E-state index is 12.3. The van der Waals surface area contributed by atoms with E-state index in [1.807, 2.05) is 19.1 Å². The van der Waals surface area contributed by atoms with Crippen LogP contribution in [-0.2, 0) is 11.2 Å². The van der Waals surface area contributed by atoms with Crippen LogP contribution in [0.2, 0.25) is 0 Å². The lowest BCUT2D eigenvalue weighted by Crippen LogP contribution is -2.43. The van der Waals surface area contributed by atoms with Crippen LogP contribution in [0, 0.1) is 0 Å². The topological polar surface area (TPSA) is 53.5 Å². The monoisotopic (exact) mass is 261 g/mol. The van der Waals surface area contributed by atoms with Crippen LogP contribution in [0.25, 0.3) is 0 Å². The summed E-state index contributed by atoms with van der Waals surface area (Å²) in [6, 6.07) is 3.40. The summed E-state index contributed by atoms with van der Waals surface area (Å²) in [7, 11) is 1.66. The minimum Gasteiger partial charge on any atom is -0.313 e. The van der Waals surface area contributed by atoms with Gasteiger partial charge in [0.1, 0.15) is 5.54 Å². The van der Waals surface area contributed by atoms with Crippen LogP contribution in [0.1, 0.15) is 26.3 Å². The Bertz CT molecular complexity index is 499. The van der Waals surface area contributed by atoms with Gasteiger partial charge in [-0.2, -0.15) is 0 Å². The second-order valence-corrected chi connectivity index (χ2v) is 5.49. The van der Waals surface area contributed by atoms with Gasteiger partial charge in [-0.1, -0.05) is 6.07 Å². The second kappa shape index (κ2) is 4.64. The normalized spacial score (nSPS) is 20.0. The number of urea groups is 1. The summed E-state index contributed by atoms with van der Waals surface area (Å²) in [6.45, 7) is 5.42. The van der Waals surface area contributed by atoms with E-state index in [0.29, 0.717) is 6.42 Å². The summed E-state index contributed by atoms with van der Waals surface area (Å²) in [5.74, 6) is -0.142. The third kappa shape index (κ3) is 2.20. The quantitative estimate of drug-likeness (QED) is 0.778. The molecule has 19 heavy (non-hydrogen) atoms. The minimum absolute atomic E-state index is 0.142. The molecule has 1 aliphatic heterocycles. The van der Waals surface area contributed by atoms with Crippen LogP contribution < -0.4 is 0 Å². The van der Waals surface area contributed by atoms with E-state index in [9.17, 15) is 9.59 Å². The van der Waals surface area contributed by atoms with Crippen LogP contribution in [-0.4, -0.2) is 45.4 Å². The molecular formula is C14H19N3O2. The predicted molar refractivity (Wildman–Crippen MR) is 71.5 cm³/mol. The van der Waals surface area contributed by atoms with Crippen molar-refractivity contribution in [2.75, 3.05) is 7.05 Å². The number of pyridine rings is 1. The SMILES string of the molecule is CC(Cc1cccnc1)N1C(=O)N(C)C(C)(C)C1=O. The average molecular weight is 261 g/mol.